The van der Waals surface area contributed by atoms with E-state index in [1.807, 2.05) is 23.1 Å². The molecule has 0 saturated heterocycles. The van der Waals surface area contributed by atoms with E-state index in [1.54, 1.807) is 37.5 Å². The maximum absolute atomic E-state index is 12.9. The molecule has 0 amide bonds. The van der Waals surface area contributed by atoms with Gasteiger partial charge in [0.2, 0.25) is 0 Å². The lowest BCUT2D eigenvalue weighted by atomic mass is 9.99. The van der Waals surface area contributed by atoms with Crippen molar-refractivity contribution in [1.82, 2.24) is 9.55 Å². The summed E-state index contributed by atoms with van der Waals surface area (Å²) >= 11 is 6.09. The summed E-state index contributed by atoms with van der Waals surface area (Å²) in [7, 11) is -1.69. The Morgan fingerprint density at radius 2 is 1.85 bits per heavy atom. The number of aromatic nitrogens is 2. The lowest BCUT2D eigenvalue weighted by molar-refractivity contribution is 0.0690. The highest BCUT2D eigenvalue weighted by Gasteiger charge is 2.30. The zero-order valence-electron chi connectivity index (χ0n) is 18.3. The number of hydrogen-bond donors (Lipinski definition) is 2. The smallest absolute Gasteiger partial charge is 0.352 e. The van der Waals surface area contributed by atoms with Gasteiger partial charge in [-0.25, -0.2) is 13.2 Å². The van der Waals surface area contributed by atoms with Gasteiger partial charge >= 0.3 is 5.97 Å². The van der Waals surface area contributed by atoms with E-state index in [-0.39, 0.29) is 29.1 Å². The molecule has 0 spiro atoms. The second-order valence-corrected chi connectivity index (χ2v) is 11.1. The number of nitrogens with one attached hydrogen (secondary N) is 1. The van der Waals surface area contributed by atoms with Crippen molar-refractivity contribution in [2.45, 2.75) is 12.3 Å². The molecular weight excluding hydrogens is 478 g/mol. The summed E-state index contributed by atoms with van der Waals surface area (Å²) in [5.74, 6) is -1.31. The molecule has 174 valence electrons. The number of halogens is 1. The van der Waals surface area contributed by atoms with Gasteiger partial charge in [0.25, 0.3) is 5.56 Å². The number of H-pyrrole nitrogens is 1. The number of nitrogens with zero attached hydrogens (tertiary/aromatic N) is 2. The van der Waals surface area contributed by atoms with E-state index >= 15 is 0 Å². The SMILES string of the molecule is Cn1cc2c3c(c(C(=O)O)[nH]c3c1=O)CN(c1ccc(Cl)cc1)c1ccc(CS(C)(=O)=O)cc1-2. The number of sulfone groups is 1. The first-order valence-electron chi connectivity index (χ1n) is 10.3. The number of fused-ring (bicyclic) bond motifs is 2. The first-order valence-corrected chi connectivity index (χ1v) is 12.8. The van der Waals surface area contributed by atoms with Crippen LogP contribution in [0.3, 0.4) is 0 Å². The van der Waals surface area contributed by atoms with Crippen LogP contribution in [0.5, 0.6) is 0 Å². The Morgan fingerprint density at radius 1 is 1.15 bits per heavy atom. The molecule has 34 heavy (non-hydrogen) atoms. The average Bonchev–Trinajstić information content (AvgIpc) is 3.08. The Hall–Kier alpha value is -3.56. The molecular formula is C24H20ClN3O5S. The first-order chi connectivity index (χ1) is 16.0. The molecule has 0 aliphatic carbocycles. The molecule has 0 atom stereocenters. The molecule has 0 fully saturated rings. The summed E-state index contributed by atoms with van der Waals surface area (Å²) in [6.45, 7) is 0.182. The van der Waals surface area contributed by atoms with E-state index < -0.39 is 15.8 Å². The van der Waals surface area contributed by atoms with Crippen LogP contribution in [-0.2, 0) is 29.2 Å². The van der Waals surface area contributed by atoms with Crippen LogP contribution in [0.15, 0.2) is 53.5 Å². The van der Waals surface area contributed by atoms with Crippen LogP contribution in [0.1, 0.15) is 21.6 Å². The molecule has 0 bridgehead atoms. The lowest BCUT2D eigenvalue weighted by Crippen LogP contribution is -2.18. The third-order valence-corrected chi connectivity index (χ3v) is 7.08. The molecule has 0 saturated carbocycles. The molecule has 2 aromatic carbocycles. The van der Waals surface area contributed by atoms with Crippen molar-refractivity contribution in [1.29, 1.82) is 0 Å². The van der Waals surface area contributed by atoms with E-state index in [0.717, 1.165) is 11.4 Å². The number of carbonyl (C=O) groups is 1. The number of anilines is 2. The van der Waals surface area contributed by atoms with Crippen LogP contribution in [0.4, 0.5) is 11.4 Å². The highest BCUT2D eigenvalue weighted by Crippen LogP contribution is 2.44. The topological polar surface area (TPSA) is 112 Å². The van der Waals surface area contributed by atoms with E-state index in [9.17, 15) is 23.1 Å². The molecule has 1 aliphatic rings. The molecule has 8 nitrogen and oxygen atoms in total. The summed E-state index contributed by atoms with van der Waals surface area (Å²) in [6.07, 6.45) is 2.84. The second kappa shape index (κ2) is 7.75. The summed E-state index contributed by atoms with van der Waals surface area (Å²) in [4.78, 5) is 29.8. The van der Waals surface area contributed by atoms with Crippen LogP contribution in [0, 0.1) is 0 Å². The number of pyridine rings is 1. The standard InChI is InChI=1S/C24H20ClN3O5S/c1-27-10-17-16-9-13(12-34(2,32)33)3-8-19(16)28(15-6-4-14(25)5-7-15)11-18-20(17)22(23(27)29)26-21(18)24(30)31/h3-10,26H,11-12H2,1-2H3,(H,30,31). The van der Waals surface area contributed by atoms with E-state index in [2.05, 4.69) is 4.98 Å². The van der Waals surface area contributed by atoms with Crippen LogP contribution < -0.4 is 10.5 Å². The number of carboxylic acids is 1. The molecule has 5 rings (SSSR count). The minimum absolute atomic E-state index is 0.0531. The van der Waals surface area contributed by atoms with Crippen molar-refractivity contribution >= 4 is 49.7 Å². The fraction of sp³-hybridized carbons (Fsp3) is 0.167. The maximum Gasteiger partial charge on any atom is 0.352 e. The van der Waals surface area contributed by atoms with Crippen molar-refractivity contribution in [2.24, 2.45) is 7.05 Å². The Kier molecular flexibility index (Phi) is 5.07. The largest absolute Gasteiger partial charge is 0.477 e. The number of hydrogen-bond acceptors (Lipinski definition) is 5. The fourth-order valence-electron chi connectivity index (χ4n) is 4.56. The quantitative estimate of drug-likeness (QED) is 0.439. The molecule has 3 heterocycles. The van der Waals surface area contributed by atoms with Crippen molar-refractivity contribution in [3.8, 4) is 11.1 Å². The van der Waals surface area contributed by atoms with Gasteiger partial charge in [0.15, 0.2) is 9.84 Å². The minimum Gasteiger partial charge on any atom is -0.477 e. The lowest BCUT2D eigenvalue weighted by Gasteiger charge is -2.26. The number of rotatable bonds is 4. The third-order valence-electron chi connectivity index (χ3n) is 5.97. The summed E-state index contributed by atoms with van der Waals surface area (Å²) in [5, 5.41) is 11.0. The van der Waals surface area contributed by atoms with Gasteiger partial charge in [-0.3, -0.25) is 4.79 Å². The molecule has 0 radical (unpaired) electrons. The van der Waals surface area contributed by atoms with Gasteiger partial charge < -0.3 is 19.6 Å². The predicted octanol–water partition coefficient (Wildman–Crippen LogP) is 4.08. The van der Waals surface area contributed by atoms with Crippen LogP contribution in [-0.4, -0.2) is 35.3 Å². The van der Waals surface area contributed by atoms with Gasteiger partial charge in [-0.15, -0.1) is 0 Å². The third kappa shape index (κ3) is 3.66. The molecule has 0 unspecified atom stereocenters. The predicted molar refractivity (Wildman–Crippen MR) is 132 cm³/mol. The van der Waals surface area contributed by atoms with Gasteiger partial charge in [-0.2, -0.15) is 0 Å². The maximum atomic E-state index is 12.9. The molecule has 4 aromatic rings. The van der Waals surface area contributed by atoms with E-state index in [0.29, 0.717) is 32.7 Å². The Bertz CT molecular complexity index is 1650. The highest BCUT2D eigenvalue weighted by molar-refractivity contribution is 7.89. The molecule has 2 aromatic heterocycles. The Balaban J connectivity index is 1.89. The number of aromatic amines is 1. The van der Waals surface area contributed by atoms with Crippen molar-refractivity contribution in [3.05, 3.63) is 80.9 Å². The molecule has 2 N–H and O–H groups in total. The number of aromatic carboxylic acids is 1. The van der Waals surface area contributed by atoms with Gasteiger partial charge in [0, 0.05) is 58.0 Å². The van der Waals surface area contributed by atoms with Crippen LogP contribution in [0.2, 0.25) is 5.02 Å². The first kappa shape index (κ1) is 22.2. The van der Waals surface area contributed by atoms with Gasteiger partial charge in [0.1, 0.15) is 11.2 Å². The molecule has 10 heteroatoms. The van der Waals surface area contributed by atoms with Crippen molar-refractivity contribution < 1.29 is 18.3 Å². The van der Waals surface area contributed by atoms with Crippen LogP contribution >= 0.6 is 11.6 Å². The fourth-order valence-corrected chi connectivity index (χ4v) is 5.47. The van der Waals surface area contributed by atoms with Gasteiger partial charge in [-0.1, -0.05) is 17.7 Å². The zero-order chi connectivity index (χ0) is 24.4. The zero-order valence-corrected chi connectivity index (χ0v) is 19.9. The second-order valence-electron chi connectivity index (χ2n) is 8.48. The van der Waals surface area contributed by atoms with Gasteiger partial charge in [0.05, 0.1) is 12.3 Å². The highest BCUT2D eigenvalue weighted by atomic mass is 35.5. The Morgan fingerprint density at radius 3 is 2.50 bits per heavy atom. The van der Waals surface area contributed by atoms with Crippen molar-refractivity contribution in [2.75, 3.05) is 11.2 Å². The van der Waals surface area contributed by atoms with Crippen molar-refractivity contribution in [3.63, 3.8) is 0 Å². The number of benzene rings is 2. The minimum atomic E-state index is -3.28. The van der Waals surface area contributed by atoms with E-state index in [4.69, 9.17) is 11.6 Å². The van der Waals surface area contributed by atoms with E-state index in [1.165, 1.54) is 10.8 Å². The monoisotopic (exact) mass is 497 g/mol. The summed E-state index contributed by atoms with van der Waals surface area (Å²) in [5.41, 5.74) is 3.75. The number of aryl methyl sites for hydroxylation is 1. The van der Waals surface area contributed by atoms with Crippen LogP contribution in [0.25, 0.3) is 22.0 Å². The summed E-state index contributed by atoms with van der Waals surface area (Å²) in [6, 6.07) is 12.5. The summed E-state index contributed by atoms with van der Waals surface area (Å²) < 4.78 is 25.4. The molecule has 1 aliphatic heterocycles. The average molecular weight is 498 g/mol. The van der Waals surface area contributed by atoms with Gasteiger partial charge in [-0.05, 0) is 42.0 Å². The number of carboxylic acid groups (broad SMARTS) is 1. The Labute approximate surface area is 199 Å². The normalized spacial score (nSPS) is 13.1.